The molecule has 0 saturated carbocycles. The number of hydrogen-bond donors (Lipinski definition) is 3. The maximum atomic E-state index is 10.7. The molecule has 21 heavy (non-hydrogen) atoms. The third kappa shape index (κ3) is 4.87. The molecule has 1 saturated heterocycles. The Balaban J connectivity index is 1.66. The number of nitrogens with two attached hydrogens (primary N) is 1. The fraction of sp³-hybridized carbons (Fsp3) is 0.571. The van der Waals surface area contributed by atoms with Crippen LogP contribution in [0.2, 0.25) is 0 Å². The fourth-order valence-corrected chi connectivity index (χ4v) is 2.35. The van der Waals surface area contributed by atoms with Crippen molar-refractivity contribution in [3.63, 3.8) is 0 Å². The van der Waals surface area contributed by atoms with Crippen molar-refractivity contribution in [3.05, 3.63) is 28.3 Å². The summed E-state index contributed by atoms with van der Waals surface area (Å²) < 4.78 is 5.80. The summed E-state index contributed by atoms with van der Waals surface area (Å²) in [5.74, 6) is 0. The lowest BCUT2D eigenvalue weighted by atomic mass is 10.1. The molecule has 4 N–H and O–H groups in total. The molecule has 7 heteroatoms. The van der Waals surface area contributed by atoms with E-state index in [1.165, 1.54) is 6.07 Å². The van der Waals surface area contributed by atoms with Crippen LogP contribution in [0.3, 0.4) is 0 Å². The largest absolute Gasteiger partial charge is 0.393 e. The van der Waals surface area contributed by atoms with E-state index in [0.29, 0.717) is 6.10 Å². The van der Waals surface area contributed by atoms with Gasteiger partial charge in [-0.1, -0.05) is 0 Å². The zero-order valence-electron chi connectivity index (χ0n) is 12.0. The van der Waals surface area contributed by atoms with Crippen molar-refractivity contribution in [2.75, 3.05) is 37.3 Å². The Morgan fingerprint density at radius 2 is 2.19 bits per heavy atom. The van der Waals surface area contributed by atoms with Crippen LogP contribution < -0.4 is 16.4 Å². The van der Waals surface area contributed by atoms with E-state index in [0.717, 1.165) is 51.2 Å². The van der Waals surface area contributed by atoms with E-state index in [1.54, 1.807) is 12.1 Å². The van der Waals surface area contributed by atoms with E-state index >= 15 is 0 Å². The topological polar surface area (TPSA) is 102 Å². The summed E-state index contributed by atoms with van der Waals surface area (Å²) in [6.07, 6.45) is 3.42. The first kappa shape index (κ1) is 15.5. The van der Waals surface area contributed by atoms with E-state index in [2.05, 4.69) is 10.6 Å². The van der Waals surface area contributed by atoms with Crippen LogP contribution >= 0.6 is 0 Å². The van der Waals surface area contributed by atoms with Crippen molar-refractivity contribution in [3.8, 4) is 0 Å². The number of hydrogen-bond acceptors (Lipinski definition) is 6. The van der Waals surface area contributed by atoms with Crippen molar-refractivity contribution in [1.29, 1.82) is 0 Å². The Kier molecular flexibility index (Phi) is 5.77. The molecule has 116 valence electrons. The molecular formula is C14H22N4O3. The van der Waals surface area contributed by atoms with Gasteiger partial charge in [0.15, 0.2) is 0 Å². The van der Waals surface area contributed by atoms with Crippen molar-refractivity contribution >= 4 is 17.1 Å². The van der Waals surface area contributed by atoms with Crippen LogP contribution in [0.1, 0.15) is 19.3 Å². The normalized spacial score (nSPS) is 15.8. The van der Waals surface area contributed by atoms with Gasteiger partial charge in [0.2, 0.25) is 0 Å². The van der Waals surface area contributed by atoms with Gasteiger partial charge in [0.05, 0.1) is 11.0 Å². The Morgan fingerprint density at radius 1 is 1.43 bits per heavy atom. The van der Waals surface area contributed by atoms with E-state index in [4.69, 9.17) is 10.5 Å². The molecule has 0 unspecified atom stereocenters. The van der Waals surface area contributed by atoms with Gasteiger partial charge in [0.1, 0.15) is 5.69 Å². The summed E-state index contributed by atoms with van der Waals surface area (Å²) in [7, 11) is 0. The van der Waals surface area contributed by atoms with Crippen LogP contribution in [-0.2, 0) is 4.74 Å². The quantitative estimate of drug-likeness (QED) is 0.306. The Hall–Kier alpha value is -1.86. The molecule has 0 spiro atoms. The summed E-state index contributed by atoms with van der Waals surface area (Å²) in [5.41, 5.74) is 6.55. The molecular weight excluding hydrogens is 272 g/mol. The number of benzene rings is 1. The molecule has 0 bridgehead atoms. The molecule has 0 radical (unpaired) electrons. The van der Waals surface area contributed by atoms with Gasteiger partial charge in [0, 0.05) is 24.9 Å². The highest BCUT2D eigenvalue weighted by Gasteiger charge is 2.13. The lowest BCUT2D eigenvalue weighted by molar-refractivity contribution is -0.383. The number of nitrogen functional groups attached to an aromatic ring is 1. The molecule has 7 nitrogen and oxygen atoms in total. The minimum absolute atomic E-state index is 0.0604. The second kappa shape index (κ2) is 7.80. The Morgan fingerprint density at radius 3 is 2.86 bits per heavy atom. The van der Waals surface area contributed by atoms with Crippen LogP contribution in [0.25, 0.3) is 0 Å². The highest BCUT2D eigenvalue weighted by molar-refractivity contribution is 5.65. The standard InChI is InChI=1S/C14H22N4O3/c15-13-10-11(2-3-14(13)18(19)20)17-6-1-9-21-12-4-7-16-8-5-12/h2-3,10,12,16-17H,1,4-9,15H2. The van der Waals surface area contributed by atoms with Crippen molar-refractivity contribution in [1.82, 2.24) is 5.32 Å². The molecule has 1 aliphatic heterocycles. The first-order valence-electron chi connectivity index (χ1n) is 7.27. The second-order valence-electron chi connectivity index (χ2n) is 5.13. The number of nitro benzene ring substituents is 1. The zero-order chi connectivity index (χ0) is 15.1. The van der Waals surface area contributed by atoms with Gasteiger partial charge >= 0.3 is 0 Å². The number of nitrogens with zero attached hydrogens (tertiary/aromatic N) is 1. The first-order valence-corrected chi connectivity index (χ1v) is 7.27. The van der Waals surface area contributed by atoms with E-state index < -0.39 is 4.92 Å². The van der Waals surface area contributed by atoms with Gasteiger partial charge in [-0.3, -0.25) is 10.1 Å². The van der Waals surface area contributed by atoms with Gasteiger partial charge in [-0.25, -0.2) is 0 Å². The highest BCUT2D eigenvalue weighted by atomic mass is 16.6. The maximum Gasteiger partial charge on any atom is 0.292 e. The average Bonchev–Trinajstić information content (AvgIpc) is 2.47. The van der Waals surface area contributed by atoms with Gasteiger partial charge in [-0.15, -0.1) is 0 Å². The number of rotatable bonds is 7. The molecule has 0 aliphatic carbocycles. The molecule has 0 amide bonds. The minimum atomic E-state index is -0.480. The van der Waals surface area contributed by atoms with Crippen LogP contribution in [0, 0.1) is 10.1 Å². The third-order valence-corrected chi connectivity index (χ3v) is 3.51. The lowest BCUT2D eigenvalue weighted by Crippen LogP contribution is -2.32. The Bertz CT molecular complexity index is 475. The van der Waals surface area contributed by atoms with Crippen molar-refractivity contribution < 1.29 is 9.66 Å². The number of anilines is 2. The third-order valence-electron chi connectivity index (χ3n) is 3.51. The zero-order valence-corrected chi connectivity index (χ0v) is 12.0. The van der Waals surface area contributed by atoms with Gasteiger partial charge < -0.3 is 21.1 Å². The van der Waals surface area contributed by atoms with E-state index in [9.17, 15) is 10.1 Å². The number of nitro groups is 1. The monoisotopic (exact) mass is 294 g/mol. The molecule has 0 aromatic heterocycles. The first-order chi connectivity index (χ1) is 10.2. The van der Waals surface area contributed by atoms with Gasteiger partial charge in [0.25, 0.3) is 5.69 Å². The summed E-state index contributed by atoms with van der Waals surface area (Å²) in [5, 5.41) is 17.2. The Labute approximate surface area is 124 Å². The lowest BCUT2D eigenvalue weighted by Gasteiger charge is -2.22. The van der Waals surface area contributed by atoms with Crippen LogP contribution in [0.5, 0.6) is 0 Å². The number of ether oxygens (including phenoxy) is 1. The average molecular weight is 294 g/mol. The summed E-state index contributed by atoms with van der Waals surface area (Å²) in [6, 6.07) is 4.68. The maximum absolute atomic E-state index is 10.7. The van der Waals surface area contributed by atoms with Gasteiger partial charge in [-0.2, -0.15) is 0 Å². The smallest absolute Gasteiger partial charge is 0.292 e. The van der Waals surface area contributed by atoms with E-state index in [-0.39, 0.29) is 11.4 Å². The molecule has 1 aromatic carbocycles. The molecule has 2 rings (SSSR count). The van der Waals surface area contributed by atoms with Crippen LogP contribution in [-0.4, -0.2) is 37.3 Å². The fourth-order valence-electron chi connectivity index (χ4n) is 2.35. The molecule has 1 aromatic rings. The molecule has 0 atom stereocenters. The predicted molar refractivity (Wildman–Crippen MR) is 82.5 cm³/mol. The number of nitrogens with one attached hydrogen (secondary N) is 2. The van der Waals surface area contributed by atoms with Crippen molar-refractivity contribution in [2.24, 2.45) is 0 Å². The summed E-state index contributed by atoms with van der Waals surface area (Å²) >= 11 is 0. The second-order valence-corrected chi connectivity index (χ2v) is 5.13. The highest BCUT2D eigenvalue weighted by Crippen LogP contribution is 2.24. The number of piperidine rings is 1. The minimum Gasteiger partial charge on any atom is -0.393 e. The van der Waals surface area contributed by atoms with Gasteiger partial charge in [-0.05, 0) is 44.5 Å². The van der Waals surface area contributed by atoms with Crippen molar-refractivity contribution in [2.45, 2.75) is 25.4 Å². The summed E-state index contributed by atoms with van der Waals surface area (Å²) in [6.45, 7) is 3.54. The predicted octanol–water partition coefficient (Wildman–Crippen LogP) is 1.75. The van der Waals surface area contributed by atoms with Crippen LogP contribution in [0.15, 0.2) is 18.2 Å². The molecule has 1 aliphatic rings. The molecule has 1 heterocycles. The van der Waals surface area contributed by atoms with Crippen LogP contribution in [0.4, 0.5) is 17.1 Å². The van der Waals surface area contributed by atoms with E-state index in [1.807, 2.05) is 0 Å². The molecule has 1 fully saturated rings. The summed E-state index contributed by atoms with van der Waals surface area (Å²) in [4.78, 5) is 10.2. The SMILES string of the molecule is Nc1cc(NCCCOC2CCNCC2)ccc1[N+](=O)[O-].